The minimum absolute atomic E-state index is 0.0318. The highest BCUT2D eigenvalue weighted by atomic mass is 19.4. The Kier molecular flexibility index (Phi) is 6.83. The molecule has 0 fully saturated rings. The third kappa shape index (κ3) is 4.42. The van der Waals surface area contributed by atoms with Gasteiger partial charge in [-0.05, 0) is 35.4 Å². The van der Waals surface area contributed by atoms with Gasteiger partial charge in [-0.25, -0.2) is 0 Å². The fourth-order valence-electron chi connectivity index (χ4n) is 3.11. The van der Waals surface area contributed by atoms with Crippen molar-refractivity contribution in [3.05, 3.63) is 72.8 Å². The van der Waals surface area contributed by atoms with Gasteiger partial charge in [0.15, 0.2) is 0 Å². The summed E-state index contributed by atoms with van der Waals surface area (Å²) >= 11 is 0. The molecular weight excluding hydrogens is 426 g/mol. The van der Waals surface area contributed by atoms with Gasteiger partial charge in [0.1, 0.15) is 24.7 Å². The molecule has 0 amide bonds. The van der Waals surface area contributed by atoms with Gasteiger partial charge in [0.25, 0.3) is 0 Å². The second-order valence-electron chi connectivity index (χ2n) is 6.45. The second kappa shape index (κ2) is 8.83. The van der Waals surface area contributed by atoms with Crippen LogP contribution in [0.1, 0.15) is 11.1 Å². The number of hydrogen-bond donors (Lipinski definition) is 2. The lowest BCUT2D eigenvalue weighted by Crippen LogP contribution is -2.54. The van der Waals surface area contributed by atoms with Gasteiger partial charge in [-0.1, -0.05) is 37.4 Å². The maximum absolute atomic E-state index is 14.2. The summed E-state index contributed by atoms with van der Waals surface area (Å²) in [6, 6.07) is 4.44. The highest BCUT2D eigenvalue weighted by Crippen LogP contribution is 2.57. The van der Waals surface area contributed by atoms with Gasteiger partial charge in [-0.3, -0.25) is 0 Å². The number of alkyl halides is 6. The van der Waals surface area contributed by atoms with E-state index in [9.17, 15) is 26.3 Å². The molecule has 4 nitrogen and oxygen atoms in total. The van der Waals surface area contributed by atoms with Crippen LogP contribution in [0.2, 0.25) is 0 Å². The summed E-state index contributed by atoms with van der Waals surface area (Å²) in [5.74, 6) is -0.149. The monoisotopic (exact) mass is 446 g/mol. The molecule has 0 saturated heterocycles. The van der Waals surface area contributed by atoms with Crippen LogP contribution in [0.25, 0.3) is 0 Å². The summed E-state index contributed by atoms with van der Waals surface area (Å²) in [5.41, 5.74) is 3.93. The van der Waals surface area contributed by atoms with Crippen LogP contribution >= 0.6 is 0 Å². The Morgan fingerprint density at radius 1 is 0.710 bits per heavy atom. The Morgan fingerprint density at radius 2 is 1.06 bits per heavy atom. The van der Waals surface area contributed by atoms with Gasteiger partial charge < -0.3 is 20.9 Å². The zero-order valence-corrected chi connectivity index (χ0v) is 16.2. The summed E-state index contributed by atoms with van der Waals surface area (Å²) in [5, 5.41) is 0. The summed E-state index contributed by atoms with van der Waals surface area (Å²) in [7, 11) is 0. The molecule has 2 aromatic carbocycles. The molecule has 0 aromatic heterocycles. The van der Waals surface area contributed by atoms with Crippen molar-refractivity contribution in [2.45, 2.75) is 17.8 Å². The molecule has 10 heteroatoms. The standard InChI is InChI=1S/C21H20F6N2O2/c1-3-9-30-17-7-5-13(11-15(17)28)19(20(22,23)24,21(25,26)27)14-6-8-18(16(29)12-14)31-10-4-2/h3-8,11-12H,1-2,9-10,28-29H2. The van der Waals surface area contributed by atoms with Crippen LogP contribution in [0.4, 0.5) is 37.7 Å². The second-order valence-corrected chi connectivity index (χ2v) is 6.45. The van der Waals surface area contributed by atoms with E-state index < -0.39 is 40.3 Å². The first kappa shape index (κ1) is 24.0. The van der Waals surface area contributed by atoms with E-state index in [1.807, 2.05) is 0 Å². The van der Waals surface area contributed by atoms with E-state index in [1.165, 1.54) is 12.2 Å². The third-order valence-corrected chi connectivity index (χ3v) is 4.45. The largest absolute Gasteiger partial charge is 0.487 e. The Bertz CT molecular complexity index is 876. The van der Waals surface area contributed by atoms with Gasteiger partial charge in [-0.2, -0.15) is 26.3 Å². The lowest BCUT2D eigenvalue weighted by Gasteiger charge is -2.38. The lowest BCUT2D eigenvalue weighted by molar-refractivity contribution is -0.288. The van der Waals surface area contributed by atoms with Crippen molar-refractivity contribution >= 4 is 11.4 Å². The van der Waals surface area contributed by atoms with Crippen molar-refractivity contribution in [3.63, 3.8) is 0 Å². The number of halogens is 6. The van der Waals surface area contributed by atoms with Gasteiger partial charge in [0.05, 0.1) is 11.4 Å². The maximum atomic E-state index is 14.2. The first-order chi connectivity index (χ1) is 14.4. The van der Waals surface area contributed by atoms with Gasteiger partial charge in [0.2, 0.25) is 5.41 Å². The Balaban J connectivity index is 2.77. The van der Waals surface area contributed by atoms with Gasteiger partial charge >= 0.3 is 12.4 Å². The SMILES string of the molecule is C=CCOc1ccc(C(c2ccc(OCC=C)c(N)c2)(C(F)(F)F)C(F)(F)F)cc1N. The number of nitrogens with two attached hydrogens (primary N) is 2. The van der Waals surface area contributed by atoms with E-state index in [1.54, 1.807) is 0 Å². The summed E-state index contributed by atoms with van der Waals surface area (Å²) in [6.07, 6.45) is -8.86. The fourth-order valence-corrected chi connectivity index (χ4v) is 3.11. The van der Waals surface area contributed by atoms with Crippen molar-refractivity contribution in [2.75, 3.05) is 24.7 Å². The smallest absolute Gasteiger partial charge is 0.411 e. The molecule has 0 saturated carbocycles. The van der Waals surface area contributed by atoms with Crippen LogP contribution in [0, 0.1) is 0 Å². The Hall–Kier alpha value is -3.30. The molecule has 168 valence electrons. The molecule has 0 spiro atoms. The van der Waals surface area contributed by atoms with Crippen molar-refractivity contribution < 1.29 is 35.8 Å². The summed E-state index contributed by atoms with van der Waals surface area (Å²) < 4.78 is 95.6. The summed E-state index contributed by atoms with van der Waals surface area (Å²) in [4.78, 5) is 0. The van der Waals surface area contributed by atoms with Crippen LogP contribution in [-0.4, -0.2) is 25.6 Å². The van der Waals surface area contributed by atoms with E-state index in [0.717, 1.165) is 12.1 Å². The molecule has 4 N–H and O–H groups in total. The Morgan fingerprint density at radius 3 is 1.32 bits per heavy atom. The number of nitrogen functional groups attached to an aromatic ring is 2. The zero-order chi connectivity index (χ0) is 23.4. The average Bonchev–Trinajstić information content (AvgIpc) is 2.65. The van der Waals surface area contributed by atoms with Crippen LogP contribution in [0.3, 0.4) is 0 Å². The van der Waals surface area contributed by atoms with E-state index >= 15 is 0 Å². The molecule has 31 heavy (non-hydrogen) atoms. The zero-order valence-electron chi connectivity index (χ0n) is 16.2. The van der Waals surface area contributed by atoms with Crippen molar-refractivity contribution in [1.82, 2.24) is 0 Å². The highest BCUT2D eigenvalue weighted by molar-refractivity contribution is 5.61. The molecule has 0 heterocycles. The molecule has 2 aromatic rings. The number of rotatable bonds is 8. The molecule has 0 aliphatic rings. The molecule has 0 atom stereocenters. The molecular formula is C21H20F6N2O2. The molecule has 2 rings (SSSR count). The fraction of sp³-hybridized carbons (Fsp3) is 0.238. The summed E-state index contributed by atoms with van der Waals surface area (Å²) in [6.45, 7) is 6.76. The van der Waals surface area contributed by atoms with Gasteiger partial charge in [0, 0.05) is 0 Å². The molecule has 0 radical (unpaired) electrons. The first-order valence-corrected chi connectivity index (χ1v) is 8.81. The highest BCUT2D eigenvalue weighted by Gasteiger charge is 2.72. The molecule has 0 aliphatic heterocycles. The molecule has 0 aliphatic carbocycles. The molecule has 0 unspecified atom stereocenters. The van der Waals surface area contributed by atoms with Crippen LogP contribution in [0.5, 0.6) is 11.5 Å². The Labute approximate surface area is 174 Å². The van der Waals surface area contributed by atoms with Crippen molar-refractivity contribution in [3.8, 4) is 11.5 Å². The van der Waals surface area contributed by atoms with Crippen LogP contribution in [0.15, 0.2) is 61.7 Å². The van der Waals surface area contributed by atoms with E-state index in [4.69, 9.17) is 20.9 Å². The van der Waals surface area contributed by atoms with E-state index in [0.29, 0.717) is 24.3 Å². The normalized spacial score (nSPS) is 12.3. The molecule has 0 bridgehead atoms. The predicted molar refractivity (Wildman–Crippen MR) is 106 cm³/mol. The maximum Gasteiger partial charge on any atom is 0.411 e. The van der Waals surface area contributed by atoms with E-state index in [2.05, 4.69) is 13.2 Å². The minimum Gasteiger partial charge on any atom is -0.487 e. The predicted octanol–water partition coefficient (Wildman–Crippen LogP) is 5.39. The van der Waals surface area contributed by atoms with Crippen LogP contribution < -0.4 is 20.9 Å². The van der Waals surface area contributed by atoms with Gasteiger partial charge in [-0.15, -0.1) is 0 Å². The topological polar surface area (TPSA) is 70.5 Å². The van der Waals surface area contributed by atoms with Crippen molar-refractivity contribution in [1.29, 1.82) is 0 Å². The number of ether oxygens (including phenoxy) is 2. The average molecular weight is 446 g/mol. The quantitative estimate of drug-likeness (QED) is 0.324. The number of benzene rings is 2. The number of hydrogen-bond acceptors (Lipinski definition) is 4. The van der Waals surface area contributed by atoms with Crippen molar-refractivity contribution in [2.24, 2.45) is 0 Å². The third-order valence-electron chi connectivity index (χ3n) is 4.45. The lowest BCUT2D eigenvalue weighted by atomic mass is 9.72. The first-order valence-electron chi connectivity index (χ1n) is 8.81. The van der Waals surface area contributed by atoms with E-state index in [-0.39, 0.29) is 24.7 Å². The number of anilines is 2. The van der Waals surface area contributed by atoms with Crippen LogP contribution in [-0.2, 0) is 5.41 Å². The minimum atomic E-state index is -5.78.